The lowest BCUT2D eigenvalue weighted by molar-refractivity contribution is 0.249. The van der Waals surface area contributed by atoms with E-state index in [1.807, 2.05) is 13.8 Å². The van der Waals surface area contributed by atoms with Crippen LogP contribution in [0.5, 0.6) is 5.75 Å². The highest BCUT2D eigenvalue weighted by atomic mass is 16.3. The fraction of sp³-hybridized carbons (Fsp3) is 0.273. The molecule has 0 fully saturated rings. The number of nitrogens with zero attached hydrogens (tertiary/aromatic N) is 1. The molecule has 5 nitrogen and oxygen atoms in total. The molecule has 1 aromatic carbocycles. The molecule has 16 heavy (non-hydrogen) atoms. The Balaban J connectivity index is 3.07. The van der Waals surface area contributed by atoms with E-state index >= 15 is 0 Å². The van der Waals surface area contributed by atoms with Crippen LogP contribution < -0.4 is 11.2 Å². The lowest BCUT2D eigenvalue weighted by Crippen LogP contribution is -2.26. The molecule has 1 rings (SSSR count). The summed E-state index contributed by atoms with van der Waals surface area (Å²) in [6.07, 6.45) is 0.581. The molecule has 0 aliphatic heterocycles. The van der Waals surface area contributed by atoms with Crippen LogP contribution in [0.4, 0.5) is 4.79 Å². The molecular weight excluding hydrogens is 206 g/mol. The molecule has 0 saturated carbocycles. The van der Waals surface area contributed by atoms with Gasteiger partial charge in [0.25, 0.3) is 0 Å². The summed E-state index contributed by atoms with van der Waals surface area (Å²) in [7, 11) is 0. The number of aromatic hydroxyl groups is 1. The highest BCUT2D eigenvalue weighted by Crippen LogP contribution is 2.20. The predicted molar refractivity (Wildman–Crippen MR) is 62.4 cm³/mol. The van der Waals surface area contributed by atoms with Crippen molar-refractivity contribution in [3.8, 4) is 5.75 Å². The number of carbonyl (C=O) groups excluding carboxylic acids is 1. The molecule has 0 unspecified atom stereocenters. The number of phenols is 1. The average Bonchev–Trinajstić information content (AvgIpc) is 2.23. The molecule has 0 saturated heterocycles. The summed E-state index contributed by atoms with van der Waals surface area (Å²) in [5.74, 6) is 0.137. The van der Waals surface area contributed by atoms with Gasteiger partial charge in [-0.25, -0.2) is 10.2 Å². The van der Waals surface area contributed by atoms with Crippen LogP contribution in [0.25, 0.3) is 0 Å². The number of benzene rings is 1. The van der Waals surface area contributed by atoms with Crippen molar-refractivity contribution in [3.05, 3.63) is 29.3 Å². The summed E-state index contributed by atoms with van der Waals surface area (Å²) in [6.45, 7) is 3.79. The molecule has 0 radical (unpaired) electrons. The second kappa shape index (κ2) is 5.16. The normalized spacial score (nSPS) is 11.2. The van der Waals surface area contributed by atoms with Crippen molar-refractivity contribution in [2.24, 2.45) is 10.8 Å². The Morgan fingerprint density at radius 2 is 2.25 bits per heavy atom. The third-order valence-electron chi connectivity index (χ3n) is 2.10. The minimum Gasteiger partial charge on any atom is -0.507 e. The number of hydrogen-bond donors (Lipinski definition) is 3. The smallest absolute Gasteiger partial charge is 0.332 e. The van der Waals surface area contributed by atoms with Gasteiger partial charge in [0.1, 0.15) is 5.75 Å². The van der Waals surface area contributed by atoms with Crippen LogP contribution in [0, 0.1) is 6.92 Å². The maximum Gasteiger partial charge on any atom is 0.332 e. The number of primary amides is 1. The third-order valence-corrected chi connectivity index (χ3v) is 2.10. The van der Waals surface area contributed by atoms with Crippen LogP contribution in [0.1, 0.15) is 24.5 Å². The minimum atomic E-state index is -0.724. The number of aryl methyl sites for hydroxylation is 1. The Morgan fingerprint density at radius 1 is 1.56 bits per heavy atom. The van der Waals surface area contributed by atoms with Crippen molar-refractivity contribution in [1.82, 2.24) is 5.43 Å². The van der Waals surface area contributed by atoms with Gasteiger partial charge in [-0.15, -0.1) is 0 Å². The molecule has 4 N–H and O–H groups in total. The molecule has 0 bridgehead atoms. The Morgan fingerprint density at radius 3 is 2.81 bits per heavy atom. The van der Waals surface area contributed by atoms with Crippen LogP contribution in [0.3, 0.4) is 0 Å². The first kappa shape index (κ1) is 12.0. The topological polar surface area (TPSA) is 87.7 Å². The van der Waals surface area contributed by atoms with Crippen LogP contribution in [0.15, 0.2) is 23.3 Å². The van der Waals surface area contributed by atoms with Crippen LogP contribution >= 0.6 is 0 Å². The first-order valence-corrected chi connectivity index (χ1v) is 4.96. The molecular formula is C11H15N3O2. The monoisotopic (exact) mass is 221 g/mol. The van der Waals surface area contributed by atoms with Gasteiger partial charge >= 0.3 is 6.03 Å². The van der Waals surface area contributed by atoms with Crippen molar-refractivity contribution in [3.63, 3.8) is 0 Å². The van der Waals surface area contributed by atoms with E-state index in [9.17, 15) is 9.90 Å². The number of amides is 2. The van der Waals surface area contributed by atoms with Gasteiger partial charge in [0.15, 0.2) is 0 Å². The Bertz CT molecular complexity index is 427. The first-order valence-electron chi connectivity index (χ1n) is 4.96. The molecule has 0 aliphatic carbocycles. The molecule has 0 atom stereocenters. The van der Waals surface area contributed by atoms with Crippen molar-refractivity contribution in [2.45, 2.75) is 20.3 Å². The van der Waals surface area contributed by atoms with E-state index in [1.165, 1.54) is 0 Å². The van der Waals surface area contributed by atoms with Crippen LogP contribution in [0.2, 0.25) is 0 Å². The summed E-state index contributed by atoms with van der Waals surface area (Å²) in [5, 5.41) is 13.5. The summed E-state index contributed by atoms with van der Waals surface area (Å²) >= 11 is 0. The van der Waals surface area contributed by atoms with Crippen molar-refractivity contribution in [1.29, 1.82) is 0 Å². The standard InChI is InChI=1S/C11H15N3O2/c1-3-9(13-14-11(12)16)8-6-7(2)4-5-10(8)15/h4-6,15H,3H2,1-2H3,(H3,12,14,16)/b13-9+. The highest BCUT2D eigenvalue weighted by molar-refractivity contribution is 6.03. The fourth-order valence-electron chi connectivity index (χ4n) is 1.33. The number of phenolic OH excluding ortho intramolecular Hbond substituents is 1. The lowest BCUT2D eigenvalue weighted by atomic mass is 10.0. The van der Waals surface area contributed by atoms with E-state index in [1.54, 1.807) is 18.2 Å². The maximum atomic E-state index is 10.5. The number of nitrogens with one attached hydrogen (secondary N) is 1. The molecule has 0 aromatic heterocycles. The molecule has 1 aromatic rings. The Kier molecular flexibility index (Phi) is 3.88. The molecule has 2 amide bonds. The average molecular weight is 221 g/mol. The fourth-order valence-corrected chi connectivity index (χ4v) is 1.33. The Hall–Kier alpha value is -2.04. The molecule has 5 heteroatoms. The number of carbonyl (C=O) groups is 1. The molecule has 86 valence electrons. The van der Waals surface area contributed by atoms with E-state index in [-0.39, 0.29) is 5.75 Å². The quantitative estimate of drug-likeness (QED) is 0.533. The zero-order valence-corrected chi connectivity index (χ0v) is 9.32. The van der Waals surface area contributed by atoms with Gasteiger partial charge in [0, 0.05) is 5.56 Å². The van der Waals surface area contributed by atoms with Gasteiger partial charge in [0.2, 0.25) is 0 Å². The number of nitrogens with two attached hydrogens (primary N) is 1. The van der Waals surface area contributed by atoms with Crippen LogP contribution in [-0.2, 0) is 0 Å². The molecule has 0 aliphatic rings. The number of hydrogen-bond acceptors (Lipinski definition) is 3. The van der Waals surface area contributed by atoms with Gasteiger partial charge in [-0.1, -0.05) is 18.6 Å². The predicted octanol–water partition coefficient (Wildman–Crippen LogP) is 1.48. The maximum absolute atomic E-state index is 10.5. The van der Waals surface area contributed by atoms with Gasteiger partial charge in [-0.2, -0.15) is 5.10 Å². The largest absolute Gasteiger partial charge is 0.507 e. The van der Waals surface area contributed by atoms with E-state index in [0.29, 0.717) is 17.7 Å². The summed E-state index contributed by atoms with van der Waals surface area (Å²) in [4.78, 5) is 10.5. The number of urea groups is 1. The number of rotatable bonds is 3. The molecule has 0 heterocycles. The van der Waals surface area contributed by atoms with Crippen molar-refractivity contribution >= 4 is 11.7 Å². The second-order valence-electron chi connectivity index (χ2n) is 3.41. The van der Waals surface area contributed by atoms with Crippen molar-refractivity contribution < 1.29 is 9.90 Å². The van der Waals surface area contributed by atoms with Gasteiger partial charge in [0.05, 0.1) is 5.71 Å². The summed E-state index contributed by atoms with van der Waals surface area (Å²) in [5.41, 5.74) is 9.28. The SMILES string of the molecule is CC/C(=N\NC(N)=O)c1cc(C)ccc1O. The molecule has 0 spiro atoms. The minimum absolute atomic E-state index is 0.137. The lowest BCUT2D eigenvalue weighted by Gasteiger charge is -2.07. The van der Waals surface area contributed by atoms with E-state index in [4.69, 9.17) is 5.73 Å². The van der Waals surface area contributed by atoms with Crippen molar-refractivity contribution in [2.75, 3.05) is 0 Å². The van der Waals surface area contributed by atoms with Gasteiger partial charge in [-0.05, 0) is 25.5 Å². The highest BCUT2D eigenvalue weighted by Gasteiger charge is 2.07. The zero-order chi connectivity index (χ0) is 12.1. The van der Waals surface area contributed by atoms with Crippen LogP contribution in [-0.4, -0.2) is 16.8 Å². The van der Waals surface area contributed by atoms with E-state index in [2.05, 4.69) is 10.5 Å². The second-order valence-corrected chi connectivity index (χ2v) is 3.41. The van der Waals surface area contributed by atoms with Gasteiger partial charge < -0.3 is 10.8 Å². The van der Waals surface area contributed by atoms with E-state index in [0.717, 1.165) is 5.56 Å². The number of hydrazone groups is 1. The zero-order valence-electron chi connectivity index (χ0n) is 9.32. The summed E-state index contributed by atoms with van der Waals surface area (Å²) in [6, 6.07) is 4.48. The Labute approximate surface area is 94.0 Å². The van der Waals surface area contributed by atoms with Gasteiger partial charge in [-0.3, -0.25) is 0 Å². The van der Waals surface area contributed by atoms with E-state index < -0.39 is 6.03 Å². The first-order chi connectivity index (χ1) is 7.54. The summed E-state index contributed by atoms with van der Waals surface area (Å²) < 4.78 is 0. The third kappa shape index (κ3) is 2.98.